The van der Waals surface area contributed by atoms with Crippen LogP contribution in [0.5, 0.6) is 0 Å². The number of nitrogens with zero attached hydrogens (tertiary/aromatic N) is 2. The highest BCUT2D eigenvalue weighted by Crippen LogP contribution is 2.32. The van der Waals surface area contributed by atoms with Crippen molar-refractivity contribution in [2.75, 3.05) is 13.2 Å². The summed E-state index contributed by atoms with van der Waals surface area (Å²) in [5.74, 6) is 0.127. The van der Waals surface area contributed by atoms with Crippen LogP contribution in [0.1, 0.15) is 32.4 Å². The van der Waals surface area contributed by atoms with Crippen LogP contribution in [0.3, 0.4) is 0 Å². The molecule has 1 amide bonds. The highest BCUT2D eigenvalue weighted by Gasteiger charge is 2.42. The number of para-hydroxylation sites is 1. The van der Waals surface area contributed by atoms with Gasteiger partial charge in [-0.25, -0.2) is 0 Å². The molecule has 5 nitrogen and oxygen atoms in total. The van der Waals surface area contributed by atoms with E-state index in [1.54, 1.807) is 0 Å². The molecule has 1 N–H and O–H groups in total. The number of rotatable bonds is 4. The Bertz CT molecular complexity index is 792. The van der Waals surface area contributed by atoms with E-state index >= 15 is 0 Å². The first kappa shape index (κ1) is 17.4. The van der Waals surface area contributed by atoms with Crippen LogP contribution >= 0.6 is 0 Å². The Hall–Kier alpha value is -1.98. The summed E-state index contributed by atoms with van der Waals surface area (Å²) in [6.45, 7) is 6.34. The van der Waals surface area contributed by atoms with Gasteiger partial charge >= 0.3 is 0 Å². The molecule has 2 aromatic rings. The normalized spacial score (nSPS) is 26.2. The molecule has 2 saturated heterocycles. The fourth-order valence-corrected chi connectivity index (χ4v) is 4.23. The molecule has 5 heteroatoms. The van der Waals surface area contributed by atoms with Crippen LogP contribution in [0.2, 0.25) is 0 Å². The number of fused-ring (bicyclic) bond motifs is 2. The first-order valence-electron chi connectivity index (χ1n) is 9.61. The number of hydrogen-bond acceptors (Lipinski definition) is 4. The summed E-state index contributed by atoms with van der Waals surface area (Å²) in [5.41, 5.74) is 2.08. The maximum Gasteiger partial charge on any atom is 0.224 e. The van der Waals surface area contributed by atoms with Crippen LogP contribution in [-0.4, -0.2) is 47.1 Å². The topological polar surface area (TPSA) is 54.5 Å². The SMILES string of the molecule is CC(C)NC(=O)[C@@H]1C[C@H]2OCC[C@H]2N(Cc2ccc3ccccc3n2)C1. The van der Waals surface area contributed by atoms with Crippen LogP contribution in [0.4, 0.5) is 0 Å². The molecule has 2 fully saturated rings. The standard InChI is InChI=1S/C21H27N3O2/c1-14(2)22-21(25)16-11-20-19(9-10-26-20)24(12-16)13-17-8-7-15-5-3-4-6-18(15)23-17/h3-8,14,16,19-20H,9-13H2,1-2H3,(H,22,25)/t16-,19-,20-/m1/s1. The number of likely N-dealkylation sites (tertiary alicyclic amines) is 1. The van der Waals surface area contributed by atoms with Crippen molar-refractivity contribution in [2.45, 2.75) is 51.4 Å². The number of hydrogen-bond donors (Lipinski definition) is 1. The Morgan fingerprint density at radius 1 is 1.31 bits per heavy atom. The van der Waals surface area contributed by atoms with E-state index in [0.29, 0.717) is 6.04 Å². The summed E-state index contributed by atoms with van der Waals surface area (Å²) in [5, 5.41) is 4.22. The fourth-order valence-electron chi connectivity index (χ4n) is 4.23. The van der Waals surface area contributed by atoms with Crippen LogP contribution < -0.4 is 5.32 Å². The van der Waals surface area contributed by atoms with Gasteiger partial charge in [-0.3, -0.25) is 14.7 Å². The number of aromatic nitrogens is 1. The van der Waals surface area contributed by atoms with Gasteiger partial charge in [-0.05, 0) is 38.8 Å². The maximum atomic E-state index is 12.6. The zero-order chi connectivity index (χ0) is 18.1. The van der Waals surface area contributed by atoms with Gasteiger partial charge in [0.25, 0.3) is 0 Å². The highest BCUT2D eigenvalue weighted by atomic mass is 16.5. The minimum atomic E-state index is -0.0165. The molecule has 4 rings (SSSR count). The maximum absolute atomic E-state index is 12.6. The minimum absolute atomic E-state index is 0.0165. The third kappa shape index (κ3) is 3.60. The quantitative estimate of drug-likeness (QED) is 0.918. The van der Waals surface area contributed by atoms with E-state index in [4.69, 9.17) is 9.72 Å². The number of nitrogens with one attached hydrogen (secondary N) is 1. The summed E-state index contributed by atoms with van der Waals surface area (Å²) < 4.78 is 5.94. The van der Waals surface area contributed by atoms with Gasteiger partial charge in [-0.15, -0.1) is 0 Å². The van der Waals surface area contributed by atoms with Gasteiger partial charge in [0.1, 0.15) is 0 Å². The van der Waals surface area contributed by atoms with E-state index in [-0.39, 0.29) is 24.0 Å². The van der Waals surface area contributed by atoms with Crippen LogP contribution in [0.15, 0.2) is 36.4 Å². The predicted molar refractivity (Wildman–Crippen MR) is 102 cm³/mol. The molecule has 0 bridgehead atoms. The first-order chi connectivity index (χ1) is 12.6. The van der Waals surface area contributed by atoms with Crippen molar-refractivity contribution in [3.8, 4) is 0 Å². The van der Waals surface area contributed by atoms with Crippen molar-refractivity contribution >= 4 is 16.8 Å². The van der Waals surface area contributed by atoms with Crippen LogP contribution in [-0.2, 0) is 16.1 Å². The third-order valence-electron chi connectivity index (χ3n) is 5.44. The molecule has 0 spiro atoms. The fraction of sp³-hybridized carbons (Fsp3) is 0.524. The molecule has 3 atom stereocenters. The number of carbonyl (C=O) groups is 1. The molecule has 138 valence electrons. The van der Waals surface area contributed by atoms with Gasteiger partial charge in [-0.1, -0.05) is 24.3 Å². The van der Waals surface area contributed by atoms with Gasteiger partial charge in [0.2, 0.25) is 5.91 Å². The second-order valence-corrected chi connectivity index (χ2v) is 7.79. The van der Waals surface area contributed by atoms with Crippen LogP contribution in [0, 0.1) is 5.92 Å². The van der Waals surface area contributed by atoms with Gasteiger partial charge in [0, 0.05) is 37.2 Å². The average Bonchev–Trinajstić information content (AvgIpc) is 3.10. The molecular weight excluding hydrogens is 326 g/mol. The number of piperidine rings is 1. The molecule has 2 aliphatic heterocycles. The summed E-state index contributed by atoms with van der Waals surface area (Å²) in [6, 6.07) is 13.0. The average molecular weight is 353 g/mol. The number of carbonyl (C=O) groups excluding carboxylic acids is 1. The van der Waals surface area contributed by atoms with Gasteiger partial charge in [-0.2, -0.15) is 0 Å². The van der Waals surface area contributed by atoms with E-state index in [2.05, 4.69) is 34.5 Å². The molecule has 0 aliphatic carbocycles. The second kappa shape index (κ2) is 7.33. The van der Waals surface area contributed by atoms with Crippen molar-refractivity contribution in [3.63, 3.8) is 0 Å². The summed E-state index contributed by atoms with van der Waals surface area (Å²) in [4.78, 5) is 19.8. The second-order valence-electron chi connectivity index (χ2n) is 7.79. The molecule has 0 unspecified atom stereocenters. The van der Waals surface area contributed by atoms with Crippen molar-refractivity contribution < 1.29 is 9.53 Å². The van der Waals surface area contributed by atoms with Crippen molar-refractivity contribution in [1.82, 2.24) is 15.2 Å². The lowest BCUT2D eigenvalue weighted by atomic mass is 9.89. The van der Waals surface area contributed by atoms with Crippen LogP contribution in [0.25, 0.3) is 10.9 Å². The molecule has 1 aromatic carbocycles. The summed E-state index contributed by atoms with van der Waals surface area (Å²) in [6.07, 6.45) is 2.02. The summed E-state index contributed by atoms with van der Waals surface area (Å²) in [7, 11) is 0. The Kier molecular flexibility index (Phi) is 4.92. The van der Waals surface area contributed by atoms with Gasteiger partial charge < -0.3 is 10.1 Å². The smallest absolute Gasteiger partial charge is 0.224 e. The zero-order valence-corrected chi connectivity index (χ0v) is 15.5. The third-order valence-corrected chi connectivity index (χ3v) is 5.44. The zero-order valence-electron chi connectivity index (χ0n) is 15.5. The Morgan fingerprint density at radius 2 is 2.15 bits per heavy atom. The van der Waals surface area contributed by atoms with E-state index in [0.717, 1.165) is 49.1 Å². The van der Waals surface area contributed by atoms with E-state index in [1.165, 1.54) is 0 Å². The molecule has 0 saturated carbocycles. The molecule has 26 heavy (non-hydrogen) atoms. The predicted octanol–water partition coefficient (Wildman–Crippen LogP) is 2.74. The van der Waals surface area contributed by atoms with Gasteiger partial charge in [0.15, 0.2) is 0 Å². The van der Waals surface area contributed by atoms with Gasteiger partial charge in [0.05, 0.1) is 23.2 Å². The van der Waals surface area contributed by atoms with E-state index in [1.807, 2.05) is 26.0 Å². The Labute approximate surface area is 154 Å². The molecular formula is C21H27N3O2. The lowest BCUT2D eigenvalue weighted by Gasteiger charge is -2.40. The monoisotopic (exact) mass is 353 g/mol. The van der Waals surface area contributed by atoms with E-state index < -0.39 is 0 Å². The summed E-state index contributed by atoms with van der Waals surface area (Å²) >= 11 is 0. The molecule has 2 aliphatic rings. The highest BCUT2D eigenvalue weighted by molar-refractivity contribution is 5.79. The minimum Gasteiger partial charge on any atom is -0.377 e. The molecule has 0 radical (unpaired) electrons. The Morgan fingerprint density at radius 3 is 3.00 bits per heavy atom. The lowest BCUT2D eigenvalue weighted by molar-refractivity contribution is -0.130. The number of amides is 1. The number of benzene rings is 1. The number of ether oxygens (including phenoxy) is 1. The molecule has 3 heterocycles. The van der Waals surface area contributed by atoms with Crippen molar-refractivity contribution in [1.29, 1.82) is 0 Å². The first-order valence-corrected chi connectivity index (χ1v) is 9.61. The lowest BCUT2D eigenvalue weighted by Crippen LogP contribution is -2.53. The Balaban J connectivity index is 1.53. The largest absolute Gasteiger partial charge is 0.377 e. The van der Waals surface area contributed by atoms with Crippen molar-refractivity contribution in [2.24, 2.45) is 5.92 Å². The van der Waals surface area contributed by atoms with E-state index in [9.17, 15) is 4.79 Å². The van der Waals surface area contributed by atoms with Crippen molar-refractivity contribution in [3.05, 3.63) is 42.1 Å². The number of pyridine rings is 1. The molecule has 1 aromatic heterocycles.